The normalized spacial score (nSPS) is 11.4. The van der Waals surface area contributed by atoms with Crippen LogP contribution in [0.15, 0.2) is 87.2 Å². The summed E-state index contributed by atoms with van der Waals surface area (Å²) in [4.78, 5) is 30.2. The Balaban J connectivity index is 1.61. The number of methoxy groups -OCH3 is 1. The van der Waals surface area contributed by atoms with Gasteiger partial charge in [0.05, 0.1) is 33.6 Å². The summed E-state index contributed by atoms with van der Waals surface area (Å²) in [5.74, 6) is 1.35. The van der Waals surface area contributed by atoms with Gasteiger partial charge in [0.2, 0.25) is 5.75 Å². The molecule has 4 aromatic carbocycles. The number of aromatic nitrogens is 2. The molecule has 0 saturated carbocycles. The third-order valence-electron chi connectivity index (χ3n) is 7.22. The summed E-state index contributed by atoms with van der Waals surface area (Å²) in [6.45, 7) is 8.18. The van der Waals surface area contributed by atoms with E-state index in [9.17, 15) is 14.9 Å². The summed E-state index contributed by atoms with van der Waals surface area (Å²) in [7, 11) is 1.63. The topological polar surface area (TPSA) is 109 Å². The highest BCUT2D eigenvalue weighted by Crippen LogP contribution is 2.37. The van der Waals surface area contributed by atoms with Crippen molar-refractivity contribution in [2.45, 2.75) is 40.2 Å². The number of para-hydroxylation sites is 1. The number of nitro benzene ring substituents is 1. The van der Waals surface area contributed by atoms with E-state index < -0.39 is 4.92 Å². The maximum Gasteiger partial charge on any atom is 0.312 e. The Labute approximate surface area is 263 Å². The first kappa shape index (κ1) is 30.6. The lowest BCUT2D eigenvalue weighted by Gasteiger charge is -2.17. The van der Waals surface area contributed by atoms with Gasteiger partial charge < -0.3 is 9.47 Å². The van der Waals surface area contributed by atoms with E-state index >= 15 is 0 Å². The van der Waals surface area contributed by atoms with Crippen molar-refractivity contribution in [3.8, 4) is 22.9 Å². The molecule has 0 aliphatic carbocycles. The Morgan fingerprint density at radius 1 is 1.07 bits per heavy atom. The summed E-state index contributed by atoms with van der Waals surface area (Å²) < 4.78 is 13.1. The number of ether oxygens (including phenoxy) is 2. The molecule has 10 heteroatoms. The molecule has 0 amide bonds. The molecule has 1 aromatic heterocycles. The highest BCUT2D eigenvalue weighted by molar-refractivity contribution is 9.10. The molecule has 0 spiro atoms. The first-order valence-corrected chi connectivity index (χ1v) is 14.8. The molecule has 5 aromatic rings. The molecule has 9 nitrogen and oxygen atoms in total. The third kappa shape index (κ3) is 6.26. The van der Waals surface area contributed by atoms with Crippen molar-refractivity contribution in [3.63, 3.8) is 0 Å². The molecular formula is C34H31BrN4O5. The van der Waals surface area contributed by atoms with Crippen molar-refractivity contribution in [1.29, 1.82) is 0 Å². The van der Waals surface area contributed by atoms with Crippen molar-refractivity contribution in [3.05, 3.63) is 126 Å². The lowest BCUT2D eigenvalue weighted by atomic mass is 9.96. The van der Waals surface area contributed by atoms with E-state index in [-0.39, 0.29) is 29.5 Å². The monoisotopic (exact) mass is 654 g/mol. The Morgan fingerprint density at radius 2 is 1.84 bits per heavy atom. The average molecular weight is 656 g/mol. The maximum absolute atomic E-state index is 13.8. The van der Waals surface area contributed by atoms with Crippen molar-refractivity contribution >= 4 is 38.7 Å². The van der Waals surface area contributed by atoms with Crippen LogP contribution >= 0.6 is 15.9 Å². The summed E-state index contributed by atoms with van der Waals surface area (Å²) >= 11 is 3.44. The van der Waals surface area contributed by atoms with Crippen LogP contribution in [0.1, 0.15) is 47.6 Å². The van der Waals surface area contributed by atoms with Crippen LogP contribution in [0.2, 0.25) is 0 Å². The maximum atomic E-state index is 13.8. The van der Waals surface area contributed by atoms with Crippen LogP contribution in [0.5, 0.6) is 11.5 Å². The highest BCUT2D eigenvalue weighted by Gasteiger charge is 2.21. The van der Waals surface area contributed by atoms with E-state index in [1.807, 2.05) is 56.3 Å². The largest absolute Gasteiger partial charge is 0.496 e. The van der Waals surface area contributed by atoms with Gasteiger partial charge >= 0.3 is 5.69 Å². The van der Waals surface area contributed by atoms with Crippen molar-refractivity contribution in [2.75, 3.05) is 7.11 Å². The summed E-state index contributed by atoms with van der Waals surface area (Å²) in [5, 5.41) is 17.0. The number of halogens is 1. The molecule has 0 saturated heterocycles. The van der Waals surface area contributed by atoms with Crippen LogP contribution in [0.25, 0.3) is 22.3 Å². The number of nitro groups is 1. The van der Waals surface area contributed by atoms with E-state index in [0.29, 0.717) is 26.8 Å². The first-order chi connectivity index (χ1) is 21.1. The molecule has 0 aliphatic rings. The van der Waals surface area contributed by atoms with E-state index in [1.54, 1.807) is 31.4 Å². The van der Waals surface area contributed by atoms with Crippen molar-refractivity contribution in [1.82, 2.24) is 9.66 Å². The van der Waals surface area contributed by atoms with Gasteiger partial charge in [0.1, 0.15) is 12.4 Å². The minimum absolute atomic E-state index is 0.106. The van der Waals surface area contributed by atoms with Crippen LogP contribution in [-0.2, 0) is 6.61 Å². The number of benzene rings is 4. The molecule has 5 rings (SSSR count). The molecule has 44 heavy (non-hydrogen) atoms. The minimum atomic E-state index is -0.503. The molecule has 0 fully saturated rings. The quantitative estimate of drug-likeness (QED) is 0.0906. The van der Waals surface area contributed by atoms with Crippen LogP contribution in [-0.4, -0.2) is 27.9 Å². The Bertz CT molecular complexity index is 1980. The molecular weight excluding hydrogens is 624 g/mol. The standard InChI is InChI=1S/C34H31BrN4O5/c1-20(2)26-17-27(22(4)14-31(26)43-5)33-37-29-12-7-6-11-25(29)34(40)38(33)36-18-24-15-28(35)32(30(16-24)39(41)42)44-19-23-10-8-9-21(3)13-23/h6-18,20H,19H2,1-5H3. The van der Waals surface area contributed by atoms with Gasteiger partial charge in [-0.3, -0.25) is 14.9 Å². The fraction of sp³-hybridized carbons (Fsp3) is 0.206. The number of fused-ring (bicyclic) bond motifs is 1. The summed E-state index contributed by atoms with van der Waals surface area (Å²) in [5.41, 5.74) is 4.83. The predicted molar refractivity (Wildman–Crippen MR) is 176 cm³/mol. The van der Waals surface area contributed by atoms with Gasteiger partial charge in [-0.2, -0.15) is 9.78 Å². The Kier molecular flexibility index (Phi) is 8.91. The van der Waals surface area contributed by atoms with Gasteiger partial charge in [-0.25, -0.2) is 4.98 Å². The molecule has 0 aliphatic heterocycles. The Hall–Kier alpha value is -4.83. The lowest BCUT2D eigenvalue weighted by molar-refractivity contribution is -0.386. The fourth-order valence-corrected chi connectivity index (χ4v) is 5.59. The SMILES string of the molecule is COc1cc(C)c(-c2nc3ccccc3c(=O)n2N=Cc2cc(Br)c(OCc3cccc(C)c3)c([N+](=O)[O-])c2)cc1C(C)C. The molecule has 224 valence electrons. The second-order valence-electron chi connectivity index (χ2n) is 10.8. The molecule has 0 bridgehead atoms. The van der Waals surface area contributed by atoms with E-state index in [1.165, 1.54) is 17.0 Å². The summed E-state index contributed by atoms with van der Waals surface area (Å²) in [6, 6.07) is 21.7. The molecule has 0 unspecified atom stereocenters. The second kappa shape index (κ2) is 12.8. The number of aryl methyl sites for hydroxylation is 2. The van der Waals surface area contributed by atoms with E-state index in [0.717, 1.165) is 33.6 Å². The average Bonchev–Trinajstić information content (AvgIpc) is 2.99. The van der Waals surface area contributed by atoms with E-state index in [4.69, 9.17) is 14.5 Å². The van der Waals surface area contributed by atoms with Crippen molar-refractivity contribution in [2.24, 2.45) is 5.10 Å². The number of hydrogen-bond donors (Lipinski definition) is 0. The van der Waals surface area contributed by atoms with Crippen LogP contribution in [0.3, 0.4) is 0 Å². The van der Waals surface area contributed by atoms with Gasteiger partial charge in [-0.05, 0) is 82.7 Å². The molecule has 0 atom stereocenters. The Morgan fingerprint density at radius 3 is 2.55 bits per heavy atom. The second-order valence-corrected chi connectivity index (χ2v) is 11.6. The fourth-order valence-electron chi connectivity index (χ4n) is 5.01. The molecule has 0 radical (unpaired) electrons. The number of hydrogen-bond acceptors (Lipinski definition) is 7. The van der Waals surface area contributed by atoms with Gasteiger partial charge in [0.25, 0.3) is 5.56 Å². The molecule has 1 heterocycles. The number of rotatable bonds is 9. The lowest BCUT2D eigenvalue weighted by Crippen LogP contribution is -2.20. The zero-order valence-electron chi connectivity index (χ0n) is 25.0. The molecule has 0 N–H and O–H groups in total. The number of nitrogens with zero attached hydrogens (tertiary/aromatic N) is 4. The highest BCUT2D eigenvalue weighted by atomic mass is 79.9. The smallest absolute Gasteiger partial charge is 0.312 e. The van der Waals surface area contributed by atoms with Gasteiger partial charge in [0, 0.05) is 17.2 Å². The predicted octanol–water partition coefficient (Wildman–Crippen LogP) is 7.94. The first-order valence-electron chi connectivity index (χ1n) is 14.0. The van der Waals surface area contributed by atoms with Crippen molar-refractivity contribution < 1.29 is 14.4 Å². The van der Waals surface area contributed by atoms with Gasteiger partial charge in [-0.1, -0.05) is 55.8 Å². The van der Waals surface area contributed by atoms with Crippen LogP contribution < -0.4 is 15.0 Å². The zero-order valence-corrected chi connectivity index (χ0v) is 26.6. The third-order valence-corrected chi connectivity index (χ3v) is 7.81. The van der Waals surface area contributed by atoms with Crippen LogP contribution in [0.4, 0.5) is 5.69 Å². The summed E-state index contributed by atoms with van der Waals surface area (Å²) in [6.07, 6.45) is 1.41. The minimum Gasteiger partial charge on any atom is -0.496 e. The van der Waals surface area contributed by atoms with Crippen LogP contribution in [0, 0.1) is 24.0 Å². The van der Waals surface area contributed by atoms with Gasteiger partial charge in [-0.15, -0.1) is 0 Å². The zero-order chi connectivity index (χ0) is 31.5. The van der Waals surface area contributed by atoms with Gasteiger partial charge in [0.15, 0.2) is 5.82 Å². The van der Waals surface area contributed by atoms with E-state index in [2.05, 4.69) is 34.9 Å².